The molecule has 0 aliphatic carbocycles. The third-order valence-corrected chi connectivity index (χ3v) is 1.76. The quantitative estimate of drug-likeness (QED) is 0.418. The lowest BCUT2D eigenvalue weighted by atomic mass is 10.2. The maximum absolute atomic E-state index is 5.51. The number of benzene rings is 1. The molecule has 3 heteroatoms. The number of nitrogens with two attached hydrogens (primary N) is 2. The van der Waals surface area contributed by atoms with Gasteiger partial charge in [-0.05, 0) is 23.8 Å². The van der Waals surface area contributed by atoms with E-state index in [4.69, 9.17) is 11.5 Å². The van der Waals surface area contributed by atoms with E-state index >= 15 is 0 Å². The number of hydrogen-bond acceptors (Lipinski definition) is 3. The zero-order chi connectivity index (χ0) is 7.56. The van der Waals surface area contributed by atoms with Crippen LogP contribution in [-0.4, -0.2) is 0 Å². The van der Waals surface area contributed by atoms with Crippen LogP contribution < -0.4 is 11.5 Å². The Hall–Kier alpha value is -0.670. The van der Waals surface area contributed by atoms with Gasteiger partial charge in [0.1, 0.15) is 0 Å². The van der Waals surface area contributed by atoms with Crippen molar-refractivity contribution in [2.24, 2.45) is 5.73 Å². The molecule has 0 amide bonds. The normalized spacial score (nSPS) is 9.80. The Kier molecular flexibility index (Phi) is 2.19. The molecule has 0 bridgehead atoms. The number of rotatable bonds is 1. The van der Waals surface area contributed by atoms with Crippen molar-refractivity contribution in [3.8, 4) is 0 Å². The highest BCUT2D eigenvalue weighted by Gasteiger charge is 1.95. The summed E-state index contributed by atoms with van der Waals surface area (Å²) in [5.41, 5.74) is 12.7. The van der Waals surface area contributed by atoms with Crippen LogP contribution in [0.15, 0.2) is 23.1 Å². The van der Waals surface area contributed by atoms with Gasteiger partial charge >= 0.3 is 0 Å². The van der Waals surface area contributed by atoms with Crippen LogP contribution in [0.2, 0.25) is 0 Å². The molecule has 0 fully saturated rings. The summed E-state index contributed by atoms with van der Waals surface area (Å²) < 4.78 is 0. The molecule has 4 N–H and O–H groups in total. The molecule has 1 rings (SSSR count). The van der Waals surface area contributed by atoms with E-state index in [0.717, 1.165) is 16.1 Å². The van der Waals surface area contributed by atoms with Crippen molar-refractivity contribution < 1.29 is 0 Å². The van der Waals surface area contributed by atoms with Crippen molar-refractivity contribution in [2.75, 3.05) is 5.73 Å². The molecular formula is C7H10N2S. The van der Waals surface area contributed by atoms with Gasteiger partial charge in [-0.3, -0.25) is 0 Å². The smallest absolute Gasteiger partial charge is 0.0318 e. The van der Waals surface area contributed by atoms with E-state index in [1.165, 1.54) is 0 Å². The molecule has 0 aromatic heterocycles. The minimum Gasteiger partial charge on any atom is -0.399 e. The Morgan fingerprint density at radius 1 is 1.40 bits per heavy atom. The van der Waals surface area contributed by atoms with Crippen LogP contribution in [0.4, 0.5) is 5.69 Å². The van der Waals surface area contributed by atoms with Crippen molar-refractivity contribution in [3.05, 3.63) is 23.8 Å². The molecule has 0 saturated heterocycles. The fourth-order valence-corrected chi connectivity index (χ4v) is 0.999. The topological polar surface area (TPSA) is 52.0 Å². The average molecular weight is 154 g/mol. The summed E-state index contributed by atoms with van der Waals surface area (Å²) in [6.45, 7) is 0.490. The minimum atomic E-state index is 0.490. The molecule has 0 spiro atoms. The summed E-state index contributed by atoms with van der Waals surface area (Å²) in [6.07, 6.45) is 0. The van der Waals surface area contributed by atoms with E-state index in [2.05, 4.69) is 12.6 Å². The maximum atomic E-state index is 5.51. The van der Waals surface area contributed by atoms with Crippen LogP contribution >= 0.6 is 12.6 Å². The molecule has 0 radical (unpaired) electrons. The first-order valence-electron chi connectivity index (χ1n) is 3.01. The summed E-state index contributed by atoms with van der Waals surface area (Å²) in [4.78, 5) is 0.900. The van der Waals surface area contributed by atoms with Gasteiger partial charge in [0.25, 0.3) is 0 Å². The number of thiol groups is 1. The molecule has 1 aromatic rings. The molecule has 2 nitrogen and oxygen atoms in total. The van der Waals surface area contributed by atoms with Crippen LogP contribution in [0.25, 0.3) is 0 Å². The summed E-state index contributed by atoms with van der Waals surface area (Å²) >= 11 is 4.19. The van der Waals surface area contributed by atoms with Crippen LogP contribution in [0.1, 0.15) is 5.56 Å². The van der Waals surface area contributed by atoms with E-state index < -0.39 is 0 Å². The fraction of sp³-hybridized carbons (Fsp3) is 0.143. The van der Waals surface area contributed by atoms with Crippen LogP contribution in [0.3, 0.4) is 0 Å². The molecule has 0 unspecified atom stereocenters. The van der Waals surface area contributed by atoms with E-state index in [0.29, 0.717) is 6.54 Å². The van der Waals surface area contributed by atoms with Gasteiger partial charge in [-0.25, -0.2) is 0 Å². The summed E-state index contributed by atoms with van der Waals surface area (Å²) in [7, 11) is 0. The standard InChI is InChI=1S/C7H10N2S/c8-4-5-3-6(9)1-2-7(5)10/h1-3,10H,4,8-9H2. The molecule has 0 heterocycles. The molecule has 1 aromatic carbocycles. The fourth-order valence-electron chi connectivity index (χ4n) is 0.769. The van der Waals surface area contributed by atoms with Crippen LogP contribution in [-0.2, 0) is 6.54 Å². The lowest BCUT2D eigenvalue weighted by molar-refractivity contribution is 1.03. The highest BCUT2D eigenvalue weighted by Crippen LogP contribution is 2.15. The second-order valence-corrected chi connectivity index (χ2v) is 2.57. The molecule has 54 valence electrons. The Balaban J connectivity index is 3.09. The Morgan fingerprint density at radius 3 is 2.60 bits per heavy atom. The first-order valence-corrected chi connectivity index (χ1v) is 3.46. The number of hydrogen-bond donors (Lipinski definition) is 3. The SMILES string of the molecule is NCc1cc(N)ccc1S. The molecule has 0 aliphatic heterocycles. The molecule has 0 aliphatic rings. The molecule has 10 heavy (non-hydrogen) atoms. The van der Waals surface area contributed by atoms with Crippen molar-refractivity contribution in [3.63, 3.8) is 0 Å². The van der Waals surface area contributed by atoms with Gasteiger partial charge < -0.3 is 11.5 Å². The Bertz CT molecular complexity index is 235. The average Bonchev–Trinajstić information content (AvgIpc) is 1.94. The third kappa shape index (κ3) is 1.43. The van der Waals surface area contributed by atoms with E-state index in [9.17, 15) is 0 Å². The van der Waals surface area contributed by atoms with Gasteiger partial charge in [0.2, 0.25) is 0 Å². The van der Waals surface area contributed by atoms with Crippen molar-refractivity contribution >= 4 is 18.3 Å². The second kappa shape index (κ2) is 2.94. The maximum Gasteiger partial charge on any atom is 0.0318 e. The van der Waals surface area contributed by atoms with Gasteiger partial charge in [-0.15, -0.1) is 12.6 Å². The third-order valence-electron chi connectivity index (χ3n) is 1.32. The van der Waals surface area contributed by atoms with Crippen LogP contribution in [0, 0.1) is 0 Å². The summed E-state index contributed by atoms with van der Waals surface area (Å²) in [5.74, 6) is 0. The lowest BCUT2D eigenvalue weighted by Crippen LogP contribution is -1.98. The predicted molar refractivity (Wildman–Crippen MR) is 46.0 cm³/mol. The van der Waals surface area contributed by atoms with Crippen molar-refractivity contribution in [1.29, 1.82) is 0 Å². The van der Waals surface area contributed by atoms with Crippen molar-refractivity contribution in [2.45, 2.75) is 11.4 Å². The highest BCUT2D eigenvalue weighted by molar-refractivity contribution is 7.80. The van der Waals surface area contributed by atoms with E-state index in [1.54, 1.807) is 0 Å². The van der Waals surface area contributed by atoms with Gasteiger partial charge in [-0.1, -0.05) is 0 Å². The molecule has 0 atom stereocenters. The first kappa shape index (κ1) is 7.44. The zero-order valence-corrected chi connectivity index (χ0v) is 6.44. The monoisotopic (exact) mass is 154 g/mol. The summed E-state index contributed by atoms with van der Waals surface area (Å²) in [5, 5.41) is 0. The van der Waals surface area contributed by atoms with Crippen LogP contribution in [0.5, 0.6) is 0 Å². The minimum absolute atomic E-state index is 0.490. The van der Waals surface area contributed by atoms with Crippen molar-refractivity contribution in [1.82, 2.24) is 0 Å². The Labute approximate surface area is 65.6 Å². The first-order chi connectivity index (χ1) is 4.74. The Morgan fingerprint density at radius 2 is 2.10 bits per heavy atom. The molecule has 0 saturated carbocycles. The van der Waals surface area contributed by atoms with Gasteiger partial charge in [0, 0.05) is 17.1 Å². The lowest BCUT2D eigenvalue weighted by Gasteiger charge is -2.01. The second-order valence-electron chi connectivity index (χ2n) is 2.09. The van der Waals surface area contributed by atoms with E-state index in [-0.39, 0.29) is 0 Å². The van der Waals surface area contributed by atoms with Gasteiger partial charge in [-0.2, -0.15) is 0 Å². The predicted octanol–water partition coefficient (Wildman–Crippen LogP) is 1.02. The zero-order valence-electron chi connectivity index (χ0n) is 5.54. The van der Waals surface area contributed by atoms with Gasteiger partial charge in [0.15, 0.2) is 0 Å². The largest absolute Gasteiger partial charge is 0.399 e. The molecular weight excluding hydrogens is 144 g/mol. The van der Waals surface area contributed by atoms with Gasteiger partial charge in [0.05, 0.1) is 0 Å². The number of nitrogen functional groups attached to an aromatic ring is 1. The summed E-state index contributed by atoms with van der Waals surface area (Å²) in [6, 6.07) is 5.49. The van der Waals surface area contributed by atoms with E-state index in [1.807, 2.05) is 18.2 Å². The number of anilines is 1. The highest BCUT2D eigenvalue weighted by atomic mass is 32.1.